The minimum Gasteiger partial charge on any atom is -0.497 e. The summed E-state index contributed by atoms with van der Waals surface area (Å²) in [7, 11) is 1.70. The molecule has 1 aromatic carbocycles. The van der Waals surface area contributed by atoms with Crippen LogP contribution in [0.15, 0.2) is 36.5 Å². The Morgan fingerprint density at radius 2 is 2.26 bits per heavy atom. The van der Waals surface area contributed by atoms with Crippen LogP contribution < -0.4 is 10.1 Å². The Bertz CT molecular complexity index is 970. The van der Waals surface area contributed by atoms with E-state index in [1.807, 2.05) is 12.1 Å². The maximum absolute atomic E-state index is 13.2. The monoisotopic (exact) mass is 421 g/mol. The molecule has 2 fully saturated rings. The van der Waals surface area contributed by atoms with Crippen molar-refractivity contribution in [3.8, 4) is 5.75 Å². The first-order chi connectivity index (χ1) is 15.2. The van der Waals surface area contributed by atoms with E-state index >= 15 is 0 Å². The molecule has 1 saturated carbocycles. The molecule has 164 valence electrons. The molecule has 1 aromatic heterocycles. The van der Waals surface area contributed by atoms with Gasteiger partial charge in [0.15, 0.2) is 0 Å². The fraction of sp³-hybridized carbons (Fsp3) is 0.480. The Morgan fingerprint density at radius 1 is 1.35 bits per heavy atom. The lowest BCUT2D eigenvalue weighted by atomic mass is 10.0. The fourth-order valence-corrected chi connectivity index (χ4v) is 4.68. The number of nitrogens with zero attached hydrogens (tertiary/aromatic N) is 2. The standard InChI is InChI=1S/C25H31N3O3/c1-30-21-6-4-5-18(13-21)15-27-16-19(22-7-2-3-8-23(22)27)17-28(20-9-10-20)25(29)24-14-26-11-12-31-24/h2,4-7,13,16,20,24,26H,3,8-12,14-15,17H2,1H3. The lowest BCUT2D eigenvalue weighted by Gasteiger charge is -2.30. The third kappa shape index (κ3) is 4.41. The van der Waals surface area contributed by atoms with Gasteiger partial charge in [-0.25, -0.2) is 0 Å². The molecule has 3 aliphatic rings. The van der Waals surface area contributed by atoms with E-state index in [2.05, 4.69) is 45.3 Å². The topological polar surface area (TPSA) is 55.7 Å². The van der Waals surface area contributed by atoms with Gasteiger partial charge in [0, 0.05) is 49.7 Å². The second kappa shape index (κ2) is 8.89. The van der Waals surface area contributed by atoms with Crippen molar-refractivity contribution in [1.29, 1.82) is 0 Å². The summed E-state index contributed by atoms with van der Waals surface area (Å²) in [4.78, 5) is 15.3. The second-order valence-electron chi connectivity index (χ2n) is 8.70. The van der Waals surface area contributed by atoms with E-state index in [0.29, 0.717) is 25.7 Å². The van der Waals surface area contributed by atoms with Crippen LogP contribution in [0, 0.1) is 0 Å². The summed E-state index contributed by atoms with van der Waals surface area (Å²) in [6.07, 6.45) is 10.7. The number of carbonyl (C=O) groups excluding carboxylic acids is 1. The minimum atomic E-state index is -0.361. The Kier molecular flexibility index (Phi) is 5.83. The largest absolute Gasteiger partial charge is 0.497 e. The van der Waals surface area contributed by atoms with E-state index in [-0.39, 0.29) is 12.0 Å². The van der Waals surface area contributed by atoms with Gasteiger partial charge in [-0.2, -0.15) is 0 Å². The molecule has 0 bridgehead atoms. The smallest absolute Gasteiger partial charge is 0.253 e. The van der Waals surface area contributed by atoms with Crippen molar-refractivity contribution in [2.75, 3.05) is 26.8 Å². The Balaban J connectivity index is 1.40. The summed E-state index contributed by atoms with van der Waals surface area (Å²) < 4.78 is 13.5. The number of fused-ring (bicyclic) bond motifs is 1. The number of allylic oxidation sites excluding steroid dienone is 1. The Morgan fingerprint density at radius 3 is 3.03 bits per heavy atom. The van der Waals surface area contributed by atoms with Crippen LogP contribution in [0.25, 0.3) is 6.08 Å². The van der Waals surface area contributed by atoms with Gasteiger partial charge in [0.05, 0.1) is 13.7 Å². The zero-order valence-corrected chi connectivity index (χ0v) is 18.2. The molecule has 1 amide bonds. The number of ether oxygens (including phenoxy) is 2. The third-order valence-electron chi connectivity index (χ3n) is 6.45. The molecule has 2 heterocycles. The normalized spacial score (nSPS) is 20.4. The van der Waals surface area contributed by atoms with Gasteiger partial charge in [-0.05, 0) is 48.9 Å². The molecule has 1 aliphatic heterocycles. The molecule has 6 nitrogen and oxygen atoms in total. The van der Waals surface area contributed by atoms with Gasteiger partial charge in [-0.15, -0.1) is 0 Å². The third-order valence-corrected chi connectivity index (χ3v) is 6.45. The van der Waals surface area contributed by atoms with Crippen molar-refractivity contribution >= 4 is 12.0 Å². The highest BCUT2D eigenvalue weighted by atomic mass is 16.5. The molecular formula is C25H31N3O3. The number of aromatic nitrogens is 1. The van der Waals surface area contributed by atoms with Gasteiger partial charge in [0.1, 0.15) is 11.9 Å². The van der Waals surface area contributed by atoms with Crippen LogP contribution in [-0.4, -0.2) is 54.3 Å². The van der Waals surface area contributed by atoms with Crippen molar-refractivity contribution in [3.63, 3.8) is 0 Å². The summed E-state index contributed by atoms with van der Waals surface area (Å²) >= 11 is 0. The quantitative estimate of drug-likeness (QED) is 0.747. The van der Waals surface area contributed by atoms with Crippen LogP contribution >= 0.6 is 0 Å². The van der Waals surface area contributed by atoms with E-state index in [0.717, 1.165) is 44.5 Å². The lowest BCUT2D eigenvalue weighted by Crippen LogP contribution is -2.49. The first kappa shape index (κ1) is 20.3. The van der Waals surface area contributed by atoms with Gasteiger partial charge < -0.3 is 24.3 Å². The molecule has 6 heteroatoms. The summed E-state index contributed by atoms with van der Waals surface area (Å²) in [6, 6.07) is 8.60. The first-order valence-corrected chi connectivity index (χ1v) is 11.4. The number of nitrogens with one attached hydrogen (secondary N) is 1. The number of benzene rings is 1. The van der Waals surface area contributed by atoms with Crippen molar-refractivity contribution in [3.05, 3.63) is 58.9 Å². The maximum atomic E-state index is 13.2. The highest BCUT2D eigenvalue weighted by Gasteiger charge is 2.37. The number of hydrogen-bond donors (Lipinski definition) is 1. The number of hydrogen-bond acceptors (Lipinski definition) is 4. The summed E-state index contributed by atoms with van der Waals surface area (Å²) in [5.41, 5.74) is 5.10. The SMILES string of the molecule is COc1cccc(Cn2cc(CN(C(=O)C3CNCCO3)C3CC3)c3c2CCC=C3)c1. The summed E-state index contributed by atoms with van der Waals surface area (Å²) in [5, 5.41) is 3.29. The van der Waals surface area contributed by atoms with Crippen LogP contribution in [-0.2, 0) is 29.0 Å². The van der Waals surface area contributed by atoms with Crippen molar-refractivity contribution < 1.29 is 14.3 Å². The molecule has 2 aliphatic carbocycles. The van der Waals surface area contributed by atoms with Crippen LogP contribution in [0.5, 0.6) is 5.75 Å². The molecule has 1 saturated heterocycles. The summed E-state index contributed by atoms with van der Waals surface area (Å²) in [6.45, 7) is 3.49. The average Bonchev–Trinajstić information content (AvgIpc) is 3.61. The zero-order chi connectivity index (χ0) is 21.2. The molecule has 1 atom stereocenters. The molecule has 2 aromatic rings. The van der Waals surface area contributed by atoms with Gasteiger partial charge in [-0.3, -0.25) is 4.79 Å². The first-order valence-electron chi connectivity index (χ1n) is 11.4. The highest BCUT2D eigenvalue weighted by molar-refractivity contribution is 5.82. The summed E-state index contributed by atoms with van der Waals surface area (Å²) in [5.74, 6) is 1.01. The maximum Gasteiger partial charge on any atom is 0.253 e. The number of rotatable bonds is 7. The number of methoxy groups -OCH3 is 1. The van der Waals surface area contributed by atoms with E-state index in [1.165, 1.54) is 22.4 Å². The van der Waals surface area contributed by atoms with Crippen LogP contribution in [0.1, 0.15) is 41.6 Å². The number of morpholine rings is 1. The molecule has 31 heavy (non-hydrogen) atoms. The minimum absolute atomic E-state index is 0.129. The molecule has 0 spiro atoms. The van der Waals surface area contributed by atoms with Gasteiger partial charge >= 0.3 is 0 Å². The van der Waals surface area contributed by atoms with Gasteiger partial charge in [-0.1, -0.05) is 24.3 Å². The zero-order valence-electron chi connectivity index (χ0n) is 18.2. The Hall–Kier alpha value is -2.57. The van der Waals surface area contributed by atoms with Crippen molar-refractivity contribution in [2.24, 2.45) is 0 Å². The molecular weight excluding hydrogens is 390 g/mol. The van der Waals surface area contributed by atoms with Crippen molar-refractivity contribution in [2.45, 2.75) is 50.9 Å². The molecule has 1 unspecified atom stereocenters. The average molecular weight is 422 g/mol. The number of carbonyl (C=O) groups is 1. The molecule has 5 rings (SSSR count). The highest BCUT2D eigenvalue weighted by Crippen LogP contribution is 2.33. The van der Waals surface area contributed by atoms with E-state index in [1.54, 1.807) is 7.11 Å². The molecule has 0 radical (unpaired) electrons. The van der Waals surface area contributed by atoms with Crippen LogP contribution in [0.3, 0.4) is 0 Å². The van der Waals surface area contributed by atoms with Crippen LogP contribution in [0.2, 0.25) is 0 Å². The fourth-order valence-electron chi connectivity index (χ4n) is 4.68. The predicted octanol–water partition coefficient (Wildman–Crippen LogP) is 2.98. The molecule has 1 N–H and O–H groups in total. The second-order valence-corrected chi connectivity index (χ2v) is 8.70. The predicted molar refractivity (Wildman–Crippen MR) is 120 cm³/mol. The lowest BCUT2D eigenvalue weighted by molar-refractivity contribution is -0.146. The van der Waals surface area contributed by atoms with Crippen LogP contribution in [0.4, 0.5) is 0 Å². The number of amides is 1. The van der Waals surface area contributed by atoms with Gasteiger partial charge in [0.25, 0.3) is 5.91 Å². The van der Waals surface area contributed by atoms with E-state index < -0.39 is 0 Å². The van der Waals surface area contributed by atoms with Crippen molar-refractivity contribution in [1.82, 2.24) is 14.8 Å². The van der Waals surface area contributed by atoms with E-state index in [9.17, 15) is 4.79 Å². The Labute approximate surface area is 183 Å². The van der Waals surface area contributed by atoms with E-state index in [4.69, 9.17) is 9.47 Å². The van der Waals surface area contributed by atoms with Gasteiger partial charge in [0.2, 0.25) is 0 Å².